The van der Waals surface area contributed by atoms with Crippen LogP contribution < -0.4 is 14.2 Å². The van der Waals surface area contributed by atoms with Gasteiger partial charge in [-0.2, -0.15) is 0 Å². The van der Waals surface area contributed by atoms with Crippen molar-refractivity contribution in [3.63, 3.8) is 0 Å². The minimum absolute atomic E-state index is 0.0677. The molecule has 1 aromatic heterocycles. The molecule has 6 nitrogen and oxygen atoms in total. The zero-order valence-corrected chi connectivity index (χ0v) is 15.9. The van der Waals surface area contributed by atoms with Crippen molar-refractivity contribution in [2.75, 3.05) is 13.1 Å². The largest absolute Gasteiger partial charge is 0.482 e. The third-order valence-corrected chi connectivity index (χ3v) is 5.00. The topological polar surface area (TPSA) is 60.9 Å². The highest BCUT2D eigenvalue weighted by molar-refractivity contribution is 9.10. The number of nitrogens with zero attached hydrogens (tertiary/aromatic N) is 2. The number of pyridine rings is 1. The van der Waals surface area contributed by atoms with Gasteiger partial charge in [0.1, 0.15) is 12.2 Å². The van der Waals surface area contributed by atoms with Crippen LogP contribution in [0.15, 0.2) is 47.1 Å². The number of hydrogen-bond donors (Lipinski definition) is 0. The van der Waals surface area contributed by atoms with Crippen LogP contribution in [0.1, 0.15) is 13.3 Å². The van der Waals surface area contributed by atoms with Crippen LogP contribution in [0.25, 0.3) is 0 Å². The molecule has 1 aromatic carbocycles. The normalized spacial score (nSPS) is 24.4. The van der Waals surface area contributed by atoms with Crippen molar-refractivity contribution in [3.8, 4) is 17.4 Å². The van der Waals surface area contributed by atoms with Crippen LogP contribution in [0.5, 0.6) is 17.4 Å². The number of rotatable bonds is 3. The van der Waals surface area contributed by atoms with E-state index in [1.165, 1.54) is 0 Å². The standard InChI is InChI=1S/C19H19BrN2O4/c1-12-18(26-16-5-3-2-4-15(16)24-12)19(23)22-9-8-14(11-22)25-17-7-6-13(20)10-21-17/h2-7,10,12,14,18H,8-9,11H2,1H3. The summed E-state index contributed by atoms with van der Waals surface area (Å²) in [5, 5.41) is 0. The molecular formula is C19H19BrN2O4. The molecule has 4 rings (SSSR count). The van der Waals surface area contributed by atoms with Crippen molar-refractivity contribution in [3.05, 3.63) is 47.1 Å². The molecule has 2 aliphatic heterocycles. The molecule has 26 heavy (non-hydrogen) atoms. The molecule has 1 fully saturated rings. The van der Waals surface area contributed by atoms with E-state index >= 15 is 0 Å². The summed E-state index contributed by atoms with van der Waals surface area (Å²) in [6.07, 6.45) is 1.40. The summed E-state index contributed by atoms with van der Waals surface area (Å²) in [5.41, 5.74) is 0. The Morgan fingerprint density at radius 2 is 2.00 bits per heavy atom. The van der Waals surface area contributed by atoms with Gasteiger partial charge in [-0.15, -0.1) is 0 Å². The maximum absolute atomic E-state index is 12.9. The molecule has 1 saturated heterocycles. The number of aromatic nitrogens is 1. The van der Waals surface area contributed by atoms with Gasteiger partial charge in [0.2, 0.25) is 12.0 Å². The first-order chi connectivity index (χ1) is 12.6. The maximum atomic E-state index is 12.9. The van der Waals surface area contributed by atoms with E-state index in [1.807, 2.05) is 43.3 Å². The lowest BCUT2D eigenvalue weighted by molar-refractivity contribution is -0.143. The van der Waals surface area contributed by atoms with E-state index < -0.39 is 6.10 Å². The second-order valence-corrected chi connectivity index (χ2v) is 7.35. The highest BCUT2D eigenvalue weighted by atomic mass is 79.9. The summed E-state index contributed by atoms with van der Waals surface area (Å²) in [5.74, 6) is 1.77. The van der Waals surface area contributed by atoms with Gasteiger partial charge in [0.05, 0.1) is 6.54 Å². The average molecular weight is 419 g/mol. The molecule has 0 bridgehead atoms. The van der Waals surface area contributed by atoms with E-state index in [4.69, 9.17) is 14.2 Å². The monoisotopic (exact) mass is 418 g/mol. The molecule has 7 heteroatoms. The highest BCUT2D eigenvalue weighted by Gasteiger charge is 2.39. The van der Waals surface area contributed by atoms with Crippen molar-refractivity contribution in [2.24, 2.45) is 0 Å². The number of likely N-dealkylation sites (tertiary alicyclic amines) is 1. The van der Waals surface area contributed by atoms with Crippen molar-refractivity contribution in [1.82, 2.24) is 9.88 Å². The Hall–Kier alpha value is -2.28. The molecule has 2 aliphatic rings. The van der Waals surface area contributed by atoms with Gasteiger partial charge in [0.25, 0.3) is 5.91 Å². The summed E-state index contributed by atoms with van der Waals surface area (Å²) >= 11 is 3.35. The molecule has 136 valence electrons. The molecule has 0 spiro atoms. The van der Waals surface area contributed by atoms with Gasteiger partial charge in [-0.1, -0.05) is 12.1 Å². The lowest BCUT2D eigenvalue weighted by Crippen LogP contribution is -2.50. The third kappa shape index (κ3) is 3.49. The molecule has 0 saturated carbocycles. The van der Waals surface area contributed by atoms with Crippen molar-refractivity contribution >= 4 is 21.8 Å². The van der Waals surface area contributed by atoms with E-state index in [9.17, 15) is 4.79 Å². The van der Waals surface area contributed by atoms with E-state index in [1.54, 1.807) is 11.1 Å². The van der Waals surface area contributed by atoms with E-state index in [0.29, 0.717) is 30.5 Å². The SMILES string of the molecule is CC1Oc2ccccc2OC1C(=O)N1CCC(Oc2ccc(Br)cn2)C1. The van der Waals surface area contributed by atoms with Crippen LogP contribution in [-0.4, -0.2) is 47.2 Å². The molecule has 3 heterocycles. The fraction of sp³-hybridized carbons (Fsp3) is 0.368. The molecule has 2 aromatic rings. The molecule has 1 amide bonds. The van der Waals surface area contributed by atoms with Crippen LogP contribution in [0.2, 0.25) is 0 Å². The van der Waals surface area contributed by atoms with Gasteiger partial charge in [-0.25, -0.2) is 4.98 Å². The lowest BCUT2D eigenvalue weighted by atomic mass is 10.1. The second-order valence-electron chi connectivity index (χ2n) is 6.44. The number of carbonyl (C=O) groups is 1. The maximum Gasteiger partial charge on any atom is 0.267 e. The van der Waals surface area contributed by atoms with Gasteiger partial charge in [0, 0.05) is 29.7 Å². The first-order valence-corrected chi connectivity index (χ1v) is 9.39. The number of halogens is 1. The first kappa shape index (κ1) is 17.1. The third-order valence-electron chi connectivity index (χ3n) is 4.53. The lowest BCUT2D eigenvalue weighted by Gasteiger charge is -2.33. The Morgan fingerprint density at radius 3 is 2.73 bits per heavy atom. The highest BCUT2D eigenvalue weighted by Crippen LogP contribution is 2.34. The van der Waals surface area contributed by atoms with E-state index in [0.717, 1.165) is 10.9 Å². The summed E-state index contributed by atoms with van der Waals surface area (Å²) in [6, 6.07) is 11.1. The summed E-state index contributed by atoms with van der Waals surface area (Å²) in [4.78, 5) is 18.9. The van der Waals surface area contributed by atoms with Crippen LogP contribution in [0, 0.1) is 0 Å². The minimum atomic E-state index is -0.644. The van der Waals surface area contributed by atoms with Crippen LogP contribution >= 0.6 is 15.9 Å². The Bertz CT molecular complexity index is 798. The smallest absolute Gasteiger partial charge is 0.267 e. The Labute approximate surface area is 160 Å². The van der Waals surface area contributed by atoms with E-state index in [-0.39, 0.29) is 18.1 Å². The second kappa shape index (κ2) is 7.15. The first-order valence-electron chi connectivity index (χ1n) is 8.59. The Kier molecular flexibility index (Phi) is 4.72. The Balaban J connectivity index is 1.39. The Morgan fingerprint density at radius 1 is 1.23 bits per heavy atom. The summed E-state index contributed by atoms with van der Waals surface area (Å²) < 4.78 is 18.5. The van der Waals surface area contributed by atoms with E-state index in [2.05, 4.69) is 20.9 Å². The number of para-hydroxylation sites is 2. The fourth-order valence-corrected chi connectivity index (χ4v) is 3.43. The molecule has 0 aliphatic carbocycles. The van der Waals surface area contributed by atoms with Crippen LogP contribution in [0.3, 0.4) is 0 Å². The number of carbonyl (C=O) groups excluding carboxylic acids is 1. The number of benzene rings is 1. The van der Waals surface area contributed by atoms with Crippen LogP contribution in [0.4, 0.5) is 0 Å². The number of fused-ring (bicyclic) bond motifs is 1. The van der Waals surface area contributed by atoms with Crippen molar-refractivity contribution in [1.29, 1.82) is 0 Å². The molecule has 3 unspecified atom stereocenters. The predicted molar refractivity (Wildman–Crippen MR) is 98.5 cm³/mol. The van der Waals surface area contributed by atoms with Gasteiger partial charge >= 0.3 is 0 Å². The summed E-state index contributed by atoms with van der Waals surface area (Å²) in [7, 11) is 0. The molecule has 3 atom stereocenters. The number of ether oxygens (including phenoxy) is 3. The van der Waals surface area contributed by atoms with Gasteiger partial charge < -0.3 is 19.1 Å². The van der Waals surface area contributed by atoms with Crippen molar-refractivity contribution < 1.29 is 19.0 Å². The zero-order chi connectivity index (χ0) is 18.1. The fourth-order valence-electron chi connectivity index (χ4n) is 3.20. The zero-order valence-electron chi connectivity index (χ0n) is 14.3. The van der Waals surface area contributed by atoms with Gasteiger partial charge in [-0.3, -0.25) is 4.79 Å². The predicted octanol–water partition coefficient (Wildman–Crippen LogP) is 3.05. The molecular weight excluding hydrogens is 400 g/mol. The molecule has 0 radical (unpaired) electrons. The van der Waals surface area contributed by atoms with Crippen LogP contribution in [-0.2, 0) is 4.79 Å². The molecule has 0 N–H and O–H groups in total. The number of amides is 1. The quantitative estimate of drug-likeness (QED) is 0.766. The average Bonchev–Trinajstić information content (AvgIpc) is 3.11. The summed E-state index contributed by atoms with van der Waals surface area (Å²) in [6.45, 7) is 3.01. The number of hydrogen-bond acceptors (Lipinski definition) is 5. The van der Waals surface area contributed by atoms with Gasteiger partial charge in [-0.05, 0) is 41.1 Å². The van der Waals surface area contributed by atoms with Gasteiger partial charge in [0.15, 0.2) is 11.5 Å². The van der Waals surface area contributed by atoms with Crippen molar-refractivity contribution in [2.45, 2.75) is 31.7 Å². The minimum Gasteiger partial charge on any atom is -0.482 e.